The fourth-order valence-electron chi connectivity index (χ4n) is 1.47. The zero-order chi connectivity index (χ0) is 12.3. The van der Waals surface area contributed by atoms with Gasteiger partial charge in [-0.05, 0) is 43.3 Å². The van der Waals surface area contributed by atoms with Gasteiger partial charge in [-0.15, -0.1) is 0 Å². The number of carbonyl (C=O) groups is 1. The smallest absolute Gasteiger partial charge is 0.257 e. The van der Waals surface area contributed by atoms with Gasteiger partial charge in [0.15, 0.2) is 0 Å². The Morgan fingerprint density at radius 2 is 1.94 bits per heavy atom. The number of nitrogens with one attached hydrogen (secondary N) is 1. The predicted octanol–water partition coefficient (Wildman–Crippen LogP) is 2.35. The lowest BCUT2D eigenvalue weighted by molar-refractivity contribution is 0.102. The average Bonchev–Trinajstić information content (AvgIpc) is 2.32. The summed E-state index contributed by atoms with van der Waals surface area (Å²) in [5, 5.41) is 11.9. The predicted molar refractivity (Wildman–Crippen MR) is 65.0 cm³/mol. The van der Waals surface area contributed by atoms with Gasteiger partial charge < -0.3 is 10.4 Å². The first-order chi connectivity index (χ1) is 8.16. The molecule has 0 aliphatic rings. The quantitative estimate of drug-likeness (QED) is 0.775. The first-order valence-electron chi connectivity index (χ1n) is 5.19. The molecule has 0 saturated carbocycles. The molecule has 0 bridgehead atoms. The second-order valence-corrected chi connectivity index (χ2v) is 3.64. The number of phenolic OH excluding ortho intramolecular Hbond substituents is 1. The van der Waals surface area contributed by atoms with Crippen LogP contribution in [0.3, 0.4) is 0 Å². The van der Waals surface area contributed by atoms with Crippen molar-refractivity contribution in [3.63, 3.8) is 0 Å². The van der Waals surface area contributed by atoms with E-state index in [1.165, 1.54) is 12.1 Å². The Morgan fingerprint density at radius 1 is 1.24 bits per heavy atom. The first-order valence-corrected chi connectivity index (χ1v) is 5.19. The van der Waals surface area contributed by atoms with E-state index in [0.29, 0.717) is 16.9 Å². The lowest BCUT2D eigenvalue weighted by Crippen LogP contribution is -2.13. The highest BCUT2D eigenvalue weighted by molar-refractivity contribution is 6.04. The maximum Gasteiger partial charge on any atom is 0.257 e. The molecular formula is C13H12N2O2. The molecule has 1 aromatic heterocycles. The van der Waals surface area contributed by atoms with E-state index in [4.69, 9.17) is 5.11 Å². The van der Waals surface area contributed by atoms with Gasteiger partial charge in [-0.2, -0.15) is 0 Å². The van der Waals surface area contributed by atoms with Gasteiger partial charge in [0.2, 0.25) is 0 Å². The number of pyridine rings is 1. The summed E-state index contributed by atoms with van der Waals surface area (Å²) < 4.78 is 0. The van der Waals surface area contributed by atoms with Crippen molar-refractivity contribution in [3.8, 4) is 5.75 Å². The number of nitrogens with zero attached hydrogens (tertiary/aromatic N) is 1. The van der Waals surface area contributed by atoms with Crippen LogP contribution in [0.5, 0.6) is 5.75 Å². The van der Waals surface area contributed by atoms with Crippen molar-refractivity contribution in [2.75, 3.05) is 5.32 Å². The molecule has 0 atom stereocenters. The zero-order valence-corrected chi connectivity index (χ0v) is 9.34. The third-order valence-electron chi connectivity index (χ3n) is 2.38. The van der Waals surface area contributed by atoms with Gasteiger partial charge in [0, 0.05) is 17.6 Å². The second kappa shape index (κ2) is 4.65. The Labute approximate surface area is 98.9 Å². The van der Waals surface area contributed by atoms with Crippen LogP contribution in [0.15, 0.2) is 42.6 Å². The third kappa shape index (κ3) is 2.60. The number of benzene rings is 1. The Kier molecular flexibility index (Phi) is 3.05. The number of anilines is 1. The van der Waals surface area contributed by atoms with Crippen molar-refractivity contribution >= 4 is 11.6 Å². The largest absolute Gasteiger partial charge is 0.508 e. The van der Waals surface area contributed by atoms with Gasteiger partial charge in [-0.1, -0.05) is 0 Å². The number of aryl methyl sites for hydroxylation is 1. The standard InChI is InChI=1S/C13H12N2O2/c1-9-12(3-2-8-14-9)13(17)15-10-4-6-11(16)7-5-10/h2-8,16H,1H3,(H,15,17). The molecule has 2 N–H and O–H groups in total. The summed E-state index contributed by atoms with van der Waals surface area (Å²) in [4.78, 5) is 16.0. The van der Waals surface area contributed by atoms with Crippen LogP contribution in [0.2, 0.25) is 0 Å². The summed E-state index contributed by atoms with van der Waals surface area (Å²) in [6, 6.07) is 9.76. The van der Waals surface area contributed by atoms with E-state index >= 15 is 0 Å². The van der Waals surface area contributed by atoms with Crippen LogP contribution < -0.4 is 5.32 Å². The van der Waals surface area contributed by atoms with E-state index in [-0.39, 0.29) is 11.7 Å². The lowest BCUT2D eigenvalue weighted by Gasteiger charge is -2.06. The van der Waals surface area contributed by atoms with Crippen LogP contribution in [-0.4, -0.2) is 16.0 Å². The molecule has 1 aromatic carbocycles. The molecule has 0 saturated heterocycles. The number of aromatic nitrogens is 1. The Morgan fingerprint density at radius 3 is 2.59 bits per heavy atom. The summed E-state index contributed by atoms with van der Waals surface area (Å²) in [6.45, 7) is 1.78. The summed E-state index contributed by atoms with van der Waals surface area (Å²) in [7, 11) is 0. The van der Waals surface area contributed by atoms with Crippen LogP contribution in [0.1, 0.15) is 16.1 Å². The van der Waals surface area contributed by atoms with Gasteiger partial charge in [0.25, 0.3) is 5.91 Å². The van der Waals surface area contributed by atoms with E-state index in [0.717, 1.165) is 0 Å². The molecule has 86 valence electrons. The van der Waals surface area contributed by atoms with Crippen LogP contribution in [0.25, 0.3) is 0 Å². The molecule has 2 rings (SSSR count). The molecular weight excluding hydrogens is 216 g/mol. The third-order valence-corrected chi connectivity index (χ3v) is 2.38. The number of phenols is 1. The number of carbonyl (C=O) groups excluding carboxylic acids is 1. The fourth-order valence-corrected chi connectivity index (χ4v) is 1.47. The van der Waals surface area contributed by atoms with Crippen molar-refractivity contribution < 1.29 is 9.90 Å². The number of hydrogen-bond donors (Lipinski definition) is 2. The van der Waals surface area contributed by atoms with Crippen LogP contribution in [0.4, 0.5) is 5.69 Å². The van der Waals surface area contributed by atoms with E-state index in [2.05, 4.69) is 10.3 Å². The van der Waals surface area contributed by atoms with Gasteiger partial charge in [-0.3, -0.25) is 9.78 Å². The minimum atomic E-state index is -0.207. The molecule has 0 spiro atoms. The molecule has 17 heavy (non-hydrogen) atoms. The Hall–Kier alpha value is -2.36. The molecule has 1 amide bonds. The number of aromatic hydroxyl groups is 1. The zero-order valence-electron chi connectivity index (χ0n) is 9.34. The summed E-state index contributed by atoms with van der Waals surface area (Å²) >= 11 is 0. The molecule has 2 aromatic rings. The van der Waals surface area contributed by atoms with Crippen molar-refractivity contribution in [2.24, 2.45) is 0 Å². The molecule has 0 unspecified atom stereocenters. The molecule has 0 radical (unpaired) electrons. The van der Waals surface area contributed by atoms with Gasteiger partial charge in [0.05, 0.1) is 5.56 Å². The van der Waals surface area contributed by atoms with Gasteiger partial charge in [-0.25, -0.2) is 0 Å². The van der Waals surface area contributed by atoms with Crippen molar-refractivity contribution in [3.05, 3.63) is 53.9 Å². The normalized spacial score (nSPS) is 9.94. The van der Waals surface area contributed by atoms with Crippen LogP contribution >= 0.6 is 0 Å². The summed E-state index contributed by atoms with van der Waals surface area (Å²) in [5.41, 5.74) is 1.86. The molecule has 4 nitrogen and oxygen atoms in total. The molecule has 1 heterocycles. The molecule has 4 heteroatoms. The molecule has 0 aliphatic heterocycles. The molecule has 0 aliphatic carbocycles. The van der Waals surface area contributed by atoms with E-state index in [9.17, 15) is 4.79 Å². The Balaban J connectivity index is 2.17. The number of amides is 1. The van der Waals surface area contributed by atoms with Crippen LogP contribution in [-0.2, 0) is 0 Å². The topological polar surface area (TPSA) is 62.2 Å². The Bertz CT molecular complexity index is 535. The minimum Gasteiger partial charge on any atom is -0.508 e. The van der Waals surface area contributed by atoms with Crippen molar-refractivity contribution in [2.45, 2.75) is 6.92 Å². The summed E-state index contributed by atoms with van der Waals surface area (Å²) in [5.74, 6) is -0.0400. The van der Waals surface area contributed by atoms with Crippen molar-refractivity contribution in [1.82, 2.24) is 4.98 Å². The van der Waals surface area contributed by atoms with E-state index in [1.54, 1.807) is 37.4 Å². The lowest BCUT2D eigenvalue weighted by atomic mass is 10.2. The van der Waals surface area contributed by atoms with Crippen LogP contribution in [0, 0.1) is 6.92 Å². The highest BCUT2D eigenvalue weighted by Crippen LogP contribution is 2.15. The first kappa shape index (κ1) is 11.1. The summed E-state index contributed by atoms with van der Waals surface area (Å²) in [6.07, 6.45) is 1.65. The average molecular weight is 228 g/mol. The second-order valence-electron chi connectivity index (χ2n) is 3.64. The highest BCUT2D eigenvalue weighted by atomic mass is 16.3. The minimum absolute atomic E-state index is 0.167. The van der Waals surface area contributed by atoms with Gasteiger partial charge in [0.1, 0.15) is 5.75 Å². The number of hydrogen-bond acceptors (Lipinski definition) is 3. The number of rotatable bonds is 2. The van der Waals surface area contributed by atoms with Crippen molar-refractivity contribution in [1.29, 1.82) is 0 Å². The maximum atomic E-state index is 11.9. The fraction of sp³-hybridized carbons (Fsp3) is 0.0769. The highest BCUT2D eigenvalue weighted by Gasteiger charge is 2.08. The monoisotopic (exact) mass is 228 g/mol. The SMILES string of the molecule is Cc1ncccc1C(=O)Nc1ccc(O)cc1. The maximum absolute atomic E-state index is 11.9. The van der Waals surface area contributed by atoms with E-state index < -0.39 is 0 Å². The van der Waals surface area contributed by atoms with E-state index in [1.807, 2.05) is 0 Å². The molecule has 0 fully saturated rings. The van der Waals surface area contributed by atoms with Gasteiger partial charge >= 0.3 is 0 Å².